The zero-order valence-corrected chi connectivity index (χ0v) is 10.9. The minimum atomic E-state index is 0.946. The number of nitrogens with zero attached hydrogens (tertiary/aromatic N) is 2. The predicted octanol–water partition coefficient (Wildman–Crippen LogP) is 2.06. The van der Waals surface area contributed by atoms with Crippen LogP contribution in [-0.4, -0.2) is 49.6 Å². The largest absolute Gasteiger partial charge is 0.306 e. The Kier molecular flexibility index (Phi) is 2.97. The maximum Gasteiger partial charge on any atom is 0.00982 e. The van der Waals surface area contributed by atoms with Crippen LogP contribution in [0.15, 0.2) is 0 Å². The van der Waals surface area contributed by atoms with E-state index in [0.29, 0.717) is 0 Å². The van der Waals surface area contributed by atoms with Crippen LogP contribution in [0.1, 0.15) is 32.1 Å². The highest BCUT2D eigenvalue weighted by Gasteiger charge is 2.43. The number of fused-ring (bicyclic) bond motifs is 2. The first-order valence-corrected chi connectivity index (χ1v) is 7.11. The van der Waals surface area contributed by atoms with Gasteiger partial charge >= 0.3 is 0 Å². The highest BCUT2D eigenvalue weighted by molar-refractivity contribution is 4.96. The van der Waals surface area contributed by atoms with Crippen LogP contribution in [0.25, 0.3) is 0 Å². The van der Waals surface area contributed by atoms with Crippen molar-refractivity contribution in [2.75, 3.05) is 33.7 Å². The second-order valence-electron chi connectivity index (χ2n) is 6.57. The van der Waals surface area contributed by atoms with Crippen molar-refractivity contribution in [2.24, 2.45) is 17.8 Å². The SMILES string of the molecule is CN1CCC(CC2CC3CC2CN3C)CC1. The maximum atomic E-state index is 2.59. The fourth-order valence-electron chi connectivity index (χ4n) is 4.30. The van der Waals surface area contributed by atoms with Crippen molar-refractivity contribution in [3.05, 3.63) is 0 Å². The van der Waals surface area contributed by atoms with E-state index in [1.165, 1.54) is 45.3 Å². The van der Waals surface area contributed by atoms with Gasteiger partial charge in [-0.3, -0.25) is 0 Å². The molecule has 0 amide bonds. The first kappa shape index (κ1) is 11.0. The lowest BCUT2D eigenvalue weighted by Gasteiger charge is -2.34. The molecule has 16 heavy (non-hydrogen) atoms. The molecule has 3 fully saturated rings. The van der Waals surface area contributed by atoms with Gasteiger partial charge < -0.3 is 9.80 Å². The first-order chi connectivity index (χ1) is 7.72. The van der Waals surface area contributed by atoms with Gasteiger partial charge in [0.2, 0.25) is 0 Å². The Morgan fingerprint density at radius 2 is 1.81 bits per heavy atom. The van der Waals surface area contributed by atoms with Crippen molar-refractivity contribution in [3.63, 3.8) is 0 Å². The first-order valence-electron chi connectivity index (χ1n) is 7.11. The molecular weight excluding hydrogens is 196 g/mol. The lowest BCUT2D eigenvalue weighted by molar-refractivity contribution is 0.151. The predicted molar refractivity (Wildman–Crippen MR) is 67.5 cm³/mol. The summed E-state index contributed by atoms with van der Waals surface area (Å²) in [6.07, 6.45) is 7.48. The van der Waals surface area contributed by atoms with Gasteiger partial charge in [-0.05, 0) is 77.0 Å². The summed E-state index contributed by atoms with van der Waals surface area (Å²) in [6, 6.07) is 0.946. The molecule has 0 radical (unpaired) electrons. The van der Waals surface area contributed by atoms with E-state index in [0.717, 1.165) is 23.8 Å². The third-order valence-electron chi connectivity index (χ3n) is 5.44. The number of rotatable bonds is 2. The van der Waals surface area contributed by atoms with Gasteiger partial charge in [0.05, 0.1) is 0 Å². The molecular formula is C14H26N2. The molecule has 1 aliphatic carbocycles. The topological polar surface area (TPSA) is 6.48 Å². The van der Waals surface area contributed by atoms with Crippen LogP contribution >= 0.6 is 0 Å². The van der Waals surface area contributed by atoms with Gasteiger partial charge in [-0.1, -0.05) is 0 Å². The summed E-state index contributed by atoms with van der Waals surface area (Å²) in [6.45, 7) is 4.07. The van der Waals surface area contributed by atoms with Crippen molar-refractivity contribution in [2.45, 2.75) is 38.1 Å². The fraction of sp³-hybridized carbons (Fsp3) is 1.00. The molecule has 0 aromatic heterocycles. The minimum absolute atomic E-state index is 0.946. The average Bonchev–Trinajstić information content (AvgIpc) is 2.80. The van der Waals surface area contributed by atoms with Crippen LogP contribution < -0.4 is 0 Å². The van der Waals surface area contributed by atoms with Gasteiger partial charge in [0.1, 0.15) is 0 Å². The standard InChI is InChI=1S/C14H26N2/c1-15-5-3-11(4-6-15)7-12-8-14-9-13(12)10-16(14)2/h11-14H,3-10H2,1-2H3. The molecule has 0 spiro atoms. The molecule has 3 unspecified atom stereocenters. The molecule has 2 nitrogen and oxygen atoms in total. The van der Waals surface area contributed by atoms with Crippen molar-refractivity contribution in [3.8, 4) is 0 Å². The Balaban J connectivity index is 1.50. The van der Waals surface area contributed by atoms with Gasteiger partial charge in [0.25, 0.3) is 0 Å². The number of likely N-dealkylation sites (tertiary alicyclic amines) is 2. The van der Waals surface area contributed by atoms with Crippen LogP contribution in [-0.2, 0) is 0 Å². The fourth-order valence-corrected chi connectivity index (χ4v) is 4.30. The second-order valence-corrected chi connectivity index (χ2v) is 6.57. The lowest BCUT2D eigenvalue weighted by atomic mass is 9.82. The Labute approximate surface area is 100.0 Å². The van der Waals surface area contributed by atoms with Gasteiger partial charge in [-0.25, -0.2) is 0 Å². The highest BCUT2D eigenvalue weighted by atomic mass is 15.2. The van der Waals surface area contributed by atoms with Gasteiger partial charge in [-0.15, -0.1) is 0 Å². The summed E-state index contributed by atoms with van der Waals surface area (Å²) in [4.78, 5) is 5.08. The quantitative estimate of drug-likeness (QED) is 0.705. The Hall–Kier alpha value is -0.0800. The molecule has 0 N–H and O–H groups in total. The molecule has 2 bridgehead atoms. The summed E-state index contributed by atoms with van der Waals surface area (Å²) in [5.74, 6) is 3.18. The van der Waals surface area contributed by atoms with E-state index in [2.05, 4.69) is 23.9 Å². The molecule has 1 saturated carbocycles. The second kappa shape index (κ2) is 4.30. The third-order valence-corrected chi connectivity index (χ3v) is 5.44. The van der Waals surface area contributed by atoms with Crippen LogP contribution in [0.3, 0.4) is 0 Å². The van der Waals surface area contributed by atoms with Crippen LogP contribution in [0.4, 0.5) is 0 Å². The van der Waals surface area contributed by atoms with Crippen molar-refractivity contribution >= 4 is 0 Å². The molecule has 0 aromatic rings. The highest BCUT2D eigenvalue weighted by Crippen LogP contribution is 2.44. The summed E-state index contributed by atoms with van der Waals surface area (Å²) in [5, 5.41) is 0. The van der Waals surface area contributed by atoms with Crippen molar-refractivity contribution in [1.82, 2.24) is 9.80 Å². The molecule has 2 saturated heterocycles. The van der Waals surface area contributed by atoms with E-state index in [1.54, 1.807) is 6.42 Å². The zero-order chi connectivity index (χ0) is 11.1. The van der Waals surface area contributed by atoms with Gasteiger partial charge in [0, 0.05) is 12.6 Å². The smallest absolute Gasteiger partial charge is 0.00982 e. The summed E-state index contributed by atoms with van der Waals surface area (Å²) < 4.78 is 0. The summed E-state index contributed by atoms with van der Waals surface area (Å²) in [5.41, 5.74) is 0. The van der Waals surface area contributed by atoms with Crippen LogP contribution in [0.5, 0.6) is 0 Å². The summed E-state index contributed by atoms with van der Waals surface area (Å²) >= 11 is 0. The normalized spacial score (nSPS) is 42.0. The molecule has 3 rings (SSSR count). The maximum absolute atomic E-state index is 2.59. The van der Waals surface area contributed by atoms with E-state index in [9.17, 15) is 0 Å². The monoisotopic (exact) mass is 222 g/mol. The molecule has 3 aliphatic rings. The molecule has 3 atom stereocenters. The Morgan fingerprint density at radius 1 is 1.06 bits per heavy atom. The van der Waals surface area contributed by atoms with E-state index in [4.69, 9.17) is 0 Å². The van der Waals surface area contributed by atoms with E-state index < -0.39 is 0 Å². The number of hydrogen-bond donors (Lipinski definition) is 0. The zero-order valence-electron chi connectivity index (χ0n) is 10.9. The van der Waals surface area contributed by atoms with Gasteiger partial charge in [0.15, 0.2) is 0 Å². The van der Waals surface area contributed by atoms with Crippen molar-refractivity contribution in [1.29, 1.82) is 0 Å². The summed E-state index contributed by atoms with van der Waals surface area (Å²) in [7, 11) is 4.58. The van der Waals surface area contributed by atoms with Crippen LogP contribution in [0, 0.1) is 17.8 Å². The Bertz CT molecular complexity index is 243. The average molecular weight is 222 g/mol. The molecule has 2 heterocycles. The number of hydrogen-bond acceptors (Lipinski definition) is 2. The van der Waals surface area contributed by atoms with Crippen LogP contribution in [0.2, 0.25) is 0 Å². The minimum Gasteiger partial charge on any atom is -0.306 e. The van der Waals surface area contributed by atoms with Gasteiger partial charge in [-0.2, -0.15) is 0 Å². The Morgan fingerprint density at radius 3 is 2.38 bits per heavy atom. The van der Waals surface area contributed by atoms with E-state index in [1.807, 2.05) is 0 Å². The van der Waals surface area contributed by atoms with E-state index >= 15 is 0 Å². The van der Waals surface area contributed by atoms with E-state index in [-0.39, 0.29) is 0 Å². The third kappa shape index (κ3) is 2.02. The number of piperidine rings is 2. The lowest BCUT2D eigenvalue weighted by Crippen LogP contribution is -2.35. The molecule has 2 aliphatic heterocycles. The molecule has 2 heteroatoms. The van der Waals surface area contributed by atoms with Crippen molar-refractivity contribution < 1.29 is 0 Å². The molecule has 0 aromatic carbocycles. The molecule has 92 valence electrons.